The second kappa shape index (κ2) is 8.94. The molecule has 4 rings (SSSR count). The molecule has 0 saturated carbocycles. The van der Waals surface area contributed by atoms with Crippen molar-refractivity contribution in [2.24, 2.45) is 0 Å². The zero-order valence-electron chi connectivity index (χ0n) is 18.5. The average Bonchev–Trinajstić information content (AvgIpc) is 3.13. The molecule has 6 heteroatoms. The molecule has 2 heterocycles. The predicted molar refractivity (Wildman–Crippen MR) is 121 cm³/mol. The lowest BCUT2D eigenvalue weighted by Gasteiger charge is -2.32. The van der Waals surface area contributed by atoms with Gasteiger partial charge in [0, 0.05) is 16.6 Å². The van der Waals surface area contributed by atoms with Crippen LogP contribution in [0.15, 0.2) is 47.1 Å². The van der Waals surface area contributed by atoms with Crippen LogP contribution in [-0.2, 0) is 16.0 Å². The van der Waals surface area contributed by atoms with Crippen molar-refractivity contribution in [1.29, 1.82) is 0 Å². The van der Waals surface area contributed by atoms with Gasteiger partial charge in [0.05, 0.1) is 38.9 Å². The Morgan fingerprint density at radius 1 is 1.06 bits per heavy atom. The van der Waals surface area contributed by atoms with Gasteiger partial charge in [0.25, 0.3) is 5.91 Å². The first-order chi connectivity index (χ1) is 14.9. The Kier molecular flexibility index (Phi) is 6.09. The number of piperazine rings is 1. The molecular weight excluding hydrogens is 390 g/mol. The highest BCUT2D eigenvalue weighted by Crippen LogP contribution is 2.23. The molecule has 0 spiro atoms. The number of carbonyl (C=O) groups excluding carboxylic acids is 2. The molecule has 3 aromatic rings. The van der Waals surface area contributed by atoms with Gasteiger partial charge in [-0.2, -0.15) is 0 Å². The number of amides is 2. The topological polar surface area (TPSA) is 67.0 Å². The van der Waals surface area contributed by atoms with Gasteiger partial charge in [0.1, 0.15) is 5.58 Å². The highest BCUT2D eigenvalue weighted by atomic mass is 16.3. The zero-order chi connectivity index (χ0) is 22.0. The number of aryl methyl sites for hydroxylation is 3. The minimum Gasteiger partial charge on any atom is -0.464 e. The number of hydrogen-bond acceptors (Lipinski definition) is 3. The summed E-state index contributed by atoms with van der Waals surface area (Å²) in [6.07, 6.45) is 2.04. The van der Waals surface area contributed by atoms with E-state index >= 15 is 0 Å². The predicted octanol–water partition coefficient (Wildman–Crippen LogP) is 2.27. The van der Waals surface area contributed by atoms with Gasteiger partial charge in [0.2, 0.25) is 5.91 Å². The van der Waals surface area contributed by atoms with E-state index in [0.29, 0.717) is 26.1 Å². The maximum atomic E-state index is 12.8. The van der Waals surface area contributed by atoms with Crippen molar-refractivity contribution in [3.05, 3.63) is 64.9 Å². The van der Waals surface area contributed by atoms with Crippen LogP contribution in [0.5, 0.6) is 0 Å². The molecule has 0 radical (unpaired) electrons. The second-order valence-corrected chi connectivity index (χ2v) is 8.56. The van der Waals surface area contributed by atoms with Crippen LogP contribution in [0.4, 0.5) is 5.69 Å². The van der Waals surface area contributed by atoms with Crippen molar-refractivity contribution in [3.8, 4) is 0 Å². The molecule has 31 heavy (non-hydrogen) atoms. The highest BCUT2D eigenvalue weighted by molar-refractivity contribution is 5.93. The molecule has 6 nitrogen and oxygen atoms in total. The normalized spacial score (nSPS) is 14.7. The SMILES string of the molecule is Cc1ccc2c(CC(=O)N3CC[NH+](CC(=O)Nc4c(C)cccc4C)CC3)coc2c1. The van der Waals surface area contributed by atoms with Crippen molar-refractivity contribution < 1.29 is 18.9 Å². The lowest BCUT2D eigenvalue weighted by Crippen LogP contribution is -3.15. The summed E-state index contributed by atoms with van der Waals surface area (Å²) in [4.78, 5) is 28.5. The van der Waals surface area contributed by atoms with Crippen LogP contribution in [0.1, 0.15) is 22.3 Å². The van der Waals surface area contributed by atoms with Gasteiger partial charge in [-0.3, -0.25) is 9.59 Å². The third kappa shape index (κ3) is 4.80. The molecule has 2 amide bonds. The summed E-state index contributed by atoms with van der Waals surface area (Å²) in [6.45, 7) is 9.33. The van der Waals surface area contributed by atoms with Gasteiger partial charge >= 0.3 is 0 Å². The van der Waals surface area contributed by atoms with Gasteiger partial charge in [-0.05, 0) is 43.5 Å². The summed E-state index contributed by atoms with van der Waals surface area (Å²) in [7, 11) is 0. The fraction of sp³-hybridized carbons (Fsp3) is 0.360. The molecule has 2 aromatic carbocycles. The summed E-state index contributed by atoms with van der Waals surface area (Å²) in [5.74, 6) is 0.134. The van der Waals surface area contributed by atoms with Crippen LogP contribution in [0.3, 0.4) is 0 Å². The molecule has 162 valence electrons. The molecule has 0 unspecified atom stereocenters. The fourth-order valence-corrected chi connectivity index (χ4v) is 4.27. The highest BCUT2D eigenvalue weighted by Gasteiger charge is 2.26. The first kappa shape index (κ1) is 21.1. The van der Waals surface area contributed by atoms with Gasteiger partial charge in [-0.25, -0.2) is 0 Å². The first-order valence-electron chi connectivity index (χ1n) is 10.8. The monoisotopic (exact) mass is 420 g/mol. The van der Waals surface area contributed by atoms with Gasteiger partial charge in [-0.1, -0.05) is 30.3 Å². The molecule has 1 saturated heterocycles. The largest absolute Gasteiger partial charge is 0.464 e. The molecular formula is C25H30N3O3+. The van der Waals surface area contributed by atoms with Crippen LogP contribution >= 0.6 is 0 Å². The molecule has 2 N–H and O–H groups in total. The minimum absolute atomic E-state index is 0.0207. The second-order valence-electron chi connectivity index (χ2n) is 8.56. The van der Waals surface area contributed by atoms with E-state index in [9.17, 15) is 9.59 Å². The lowest BCUT2D eigenvalue weighted by atomic mass is 10.1. The number of carbonyl (C=O) groups is 2. The van der Waals surface area contributed by atoms with Crippen molar-refractivity contribution in [1.82, 2.24) is 4.90 Å². The van der Waals surface area contributed by atoms with E-state index in [1.54, 1.807) is 6.26 Å². The smallest absolute Gasteiger partial charge is 0.279 e. The number of para-hydroxylation sites is 1. The summed E-state index contributed by atoms with van der Waals surface area (Å²) in [5, 5.41) is 4.07. The van der Waals surface area contributed by atoms with E-state index < -0.39 is 0 Å². The number of nitrogens with one attached hydrogen (secondary N) is 2. The van der Waals surface area contributed by atoms with E-state index in [4.69, 9.17) is 4.42 Å². The summed E-state index contributed by atoms with van der Waals surface area (Å²) < 4.78 is 5.63. The molecule has 1 aliphatic rings. The minimum atomic E-state index is 0.0207. The number of fused-ring (bicyclic) bond motifs is 1. The van der Waals surface area contributed by atoms with Crippen LogP contribution in [0, 0.1) is 20.8 Å². The Morgan fingerprint density at radius 2 is 1.77 bits per heavy atom. The maximum Gasteiger partial charge on any atom is 0.279 e. The number of benzene rings is 2. The van der Waals surface area contributed by atoms with Crippen LogP contribution in [0.25, 0.3) is 11.0 Å². The third-order valence-electron chi connectivity index (χ3n) is 6.13. The molecule has 0 aliphatic carbocycles. The Balaban J connectivity index is 1.29. The molecule has 1 fully saturated rings. The van der Waals surface area contributed by atoms with E-state index in [0.717, 1.165) is 52.0 Å². The Labute approximate surface area is 182 Å². The Morgan fingerprint density at radius 3 is 2.48 bits per heavy atom. The number of rotatable bonds is 5. The number of hydrogen-bond donors (Lipinski definition) is 2. The van der Waals surface area contributed by atoms with Gasteiger partial charge < -0.3 is 19.5 Å². The van der Waals surface area contributed by atoms with E-state index in [2.05, 4.69) is 5.32 Å². The maximum absolute atomic E-state index is 12.8. The van der Waals surface area contributed by atoms with Gasteiger partial charge in [0.15, 0.2) is 6.54 Å². The quantitative estimate of drug-likeness (QED) is 0.666. The van der Waals surface area contributed by atoms with E-state index in [-0.39, 0.29) is 11.8 Å². The molecule has 0 atom stereocenters. The third-order valence-corrected chi connectivity index (χ3v) is 6.13. The van der Waals surface area contributed by atoms with Crippen molar-refractivity contribution in [2.45, 2.75) is 27.2 Å². The van der Waals surface area contributed by atoms with Crippen LogP contribution in [0.2, 0.25) is 0 Å². The van der Waals surface area contributed by atoms with Gasteiger partial charge in [-0.15, -0.1) is 0 Å². The number of anilines is 1. The number of quaternary nitrogens is 1. The summed E-state index contributed by atoms with van der Waals surface area (Å²) in [6, 6.07) is 12.1. The fourth-order valence-electron chi connectivity index (χ4n) is 4.27. The van der Waals surface area contributed by atoms with Crippen molar-refractivity contribution >= 4 is 28.5 Å². The van der Waals surface area contributed by atoms with E-state index in [1.165, 1.54) is 4.90 Å². The van der Waals surface area contributed by atoms with Crippen LogP contribution in [-0.4, -0.2) is 49.4 Å². The molecule has 1 aliphatic heterocycles. The first-order valence-corrected chi connectivity index (χ1v) is 10.8. The van der Waals surface area contributed by atoms with Crippen molar-refractivity contribution in [2.75, 3.05) is 38.0 Å². The van der Waals surface area contributed by atoms with Crippen molar-refractivity contribution in [3.63, 3.8) is 0 Å². The van der Waals surface area contributed by atoms with E-state index in [1.807, 2.05) is 62.1 Å². The standard InChI is InChI=1S/C25H29N3O3/c1-17-7-8-21-20(16-31-22(21)13-17)14-24(30)28-11-9-27(10-12-28)15-23(29)26-25-18(2)5-4-6-19(25)3/h4-8,13,16H,9-12,14-15H2,1-3H3,(H,26,29)/p+1. The zero-order valence-corrected chi connectivity index (χ0v) is 18.5. The molecule has 0 bridgehead atoms. The molecule has 1 aromatic heterocycles. The Bertz CT molecular complexity index is 1090. The number of furan rings is 1. The number of nitrogens with zero attached hydrogens (tertiary/aromatic N) is 1. The summed E-state index contributed by atoms with van der Waals surface area (Å²) >= 11 is 0. The average molecular weight is 421 g/mol. The summed E-state index contributed by atoms with van der Waals surface area (Å²) in [5.41, 5.74) is 5.94. The van der Waals surface area contributed by atoms with Crippen LogP contribution < -0.4 is 10.2 Å². The Hall–Kier alpha value is -3.12. The lowest BCUT2D eigenvalue weighted by molar-refractivity contribution is -0.895.